The smallest absolute Gasteiger partial charge is 0.0440 e. The molecule has 12 heavy (non-hydrogen) atoms. The van der Waals surface area contributed by atoms with E-state index in [1.54, 1.807) is 0 Å². The van der Waals surface area contributed by atoms with Gasteiger partial charge in [-0.1, -0.05) is 13.3 Å². The summed E-state index contributed by atoms with van der Waals surface area (Å²) in [6, 6.07) is 0. The van der Waals surface area contributed by atoms with Gasteiger partial charge in [-0.3, -0.25) is 0 Å². The molecule has 0 bridgehead atoms. The van der Waals surface area contributed by atoms with E-state index in [1.807, 2.05) is 0 Å². The van der Waals surface area contributed by atoms with E-state index in [2.05, 4.69) is 17.5 Å². The highest BCUT2D eigenvalue weighted by atomic mass is 15.3. The predicted octanol–water partition coefficient (Wildman–Crippen LogP) is 2.31. The molecule has 0 heterocycles. The topological polar surface area (TPSA) is 24.4 Å². The van der Waals surface area contributed by atoms with Gasteiger partial charge in [0.2, 0.25) is 0 Å². The molecule has 0 radical (unpaired) electrons. The van der Waals surface area contributed by atoms with Gasteiger partial charge in [0, 0.05) is 17.7 Å². The van der Waals surface area contributed by atoms with Crippen molar-refractivity contribution in [3.63, 3.8) is 0 Å². The van der Waals surface area contributed by atoms with Gasteiger partial charge in [-0.05, 0) is 32.1 Å². The van der Waals surface area contributed by atoms with Crippen molar-refractivity contribution in [3.05, 3.63) is 0 Å². The average molecular weight is 166 g/mol. The van der Waals surface area contributed by atoms with Crippen LogP contribution in [0, 0.1) is 5.41 Å². The third-order valence-corrected chi connectivity index (χ3v) is 3.34. The van der Waals surface area contributed by atoms with Crippen molar-refractivity contribution < 1.29 is 0 Å². The molecule has 0 atom stereocenters. The molecule has 2 rings (SSSR count). The van der Waals surface area contributed by atoms with Crippen LogP contribution in [-0.4, -0.2) is 12.3 Å². The first-order chi connectivity index (χ1) is 5.87. The maximum absolute atomic E-state index is 4.46. The zero-order chi connectivity index (χ0) is 8.44. The number of hydrazone groups is 1. The Hall–Kier alpha value is -0.530. The number of hydrogen-bond donors (Lipinski definition) is 1. The van der Waals surface area contributed by atoms with E-state index in [9.17, 15) is 0 Å². The number of nitrogens with zero attached hydrogens (tertiary/aromatic N) is 1. The summed E-state index contributed by atoms with van der Waals surface area (Å²) >= 11 is 0. The highest BCUT2D eigenvalue weighted by Crippen LogP contribution is 2.53. The summed E-state index contributed by atoms with van der Waals surface area (Å²) in [5.74, 6) is 0. The normalized spacial score (nSPS) is 28.2. The molecule has 2 saturated carbocycles. The molecule has 0 aromatic carbocycles. The third kappa shape index (κ3) is 1.13. The molecule has 2 nitrogen and oxygen atoms in total. The van der Waals surface area contributed by atoms with Crippen LogP contribution in [0.5, 0.6) is 0 Å². The van der Waals surface area contributed by atoms with Gasteiger partial charge in [0.25, 0.3) is 0 Å². The van der Waals surface area contributed by atoms with E-state index in [1.165, 1.54) is 44.2 Å². The van der Waals surface area contributed by atoms with Crippen LogP contribution in [0.4, 0.5) is 0 Å². The van der Waals surface area contributed by atoms with Crippen molar-refractivity contribution in [2.45, 2.75) is 45.4 Å². The summed E-state index contributed by atoms with van der Waals surface area (Å²) < 4.78 is 0. The van der Waals surface area contributed by atoms with E-state index in [-0.39, 0.29) is 0 Å². The van der Waals surface area contributed by atoms with Crippen molar-refractivity contribution >= 4 is 5.71 Å². The zero-order valence-corrected chi connectivity index (χ0v) is 7.90. The van der Waals surface area contributed by atoms with Crippen molar-refractivity contribution in [2.75, 3.05) is 6.54 Å². The predicted molar refractivity (Wildman–Crippen MR) is 51.2 cm³/mol. The Kier molecular flexibility index (Phi) is 2.07. The van der Waals surface area contributed by atoms with Crippen LogP contribution >= 0.6 is 0 Å². The van der Waals surface area contributed by atoms with Gasteiger partial charge in [0.05, 0.1) is 0 Å². The Morgan fingerprint density at radius 3 is 2.67 bits per heavy atom. The summed E-state index contributed by atoms with van der Waals surface area (Å²) in [5.41, 5.74) is 5.21. The summed E-state index contributed by atoms with van der Waals surface area (Å²) in [6.45, 7) is 3.20. The summed E-state index contributed by atoms with van der Waals surface area (Å²) in [6.07, 6.45) is 8.05. The van der Waals surface area contributed by atoms with Crippen LogP contribution in [0.2, 0.25) is 0 Å². The molecule has 2 heteroatoms. The van der Waals surface area contributed by atoms with Crippen LogP contribution in [0.1, 0.15) is 45.4 Å². The van der Waals surface area contributed by atoms with E-state index >= 15 is 0 Å². The highest BCUT2D eigenvalue weighted by molar-refractivity contribution is 5.96. The first-order valence-electron chi connectivity index (χ1n) is 5.17. The molecule has 0 saturated heterocycles. The van der Waals surface area contributed by atoms with E-state index < -0.39 is 0 Å². The second-order valence-corrected chi connectivity index (χ2v) is 4.10. The minimum atomic E-state index is 0.598. The molecule has 0 aromatic heterocycles. The van der Waals surface area contributed by atoms with Crippen molar-refractivity contribution in [1.29, 1.82) is 0 Å². The van der Waals surface area contributed by atoms with Gasteiger partial charge in [0.15, 0.2) is 0 Å². The van der Waals surface area contributed by atoms with Crippen LogP contribution < -0.4 is 5.43 Å². The Morgan fingerprint density at radius 2 is 2.25 bits per heavy atom. The maximum Gasteiger partial charge on any atom is 0.0440 e. The van der Waals surface area contributed by atoms with Crippen molar-refractivity contribution in [2.24, 2.45) is 10.5 Å². The van der Waals surface area contributed by atoms with E-state index in [4.69, 9.17) is 0 Å². The first kappa shape index (κ1) is 8.09. The standard InChI is InChI=1S/C10H18N2/c1-2-8-11-12-9-4-7-10(9)5-3-6-10/h11H,2-8H2,1H3/b12-9-. The largest absolute Gasteiger partial charge is 0.310 e. The second kappa shape index (κ2) is 3.08. The second-order valence-electron chi connectivity index (χ2n) is 4.10. The quantitative estimate of drug-likeness (QED) is 0.505. The lowest BCUT2D eigenvalue weighted by atomic mass is 9.55. The van der Waals surface area contributed by atoms with Crippen molar-refractivity contribution in [3.8, 4) is 0 Å². The van der Waals surface area contributed by atoms with Gasteiger partial charge >= 0.3 is 0 Å². The van der Waals surface area contributed by atoms with E-state index in [0.29, 0.717) is 5.41 Å². The molecule has 0 aromatic rings. The SMILES string of the molecule is CCCN/N=C1/CCC12CCC2. The number of rotatable bonds is 3. The Bertz CT molecular complexity index is 187. The Morgan fingerprint density at radius 1 is 1.42 bits per heavy atom. The molecule has 1 spiro atoms. The van der Waals surface area contributed by atoms with Crippen LogP contribution in [0.15, 0.2) is 5.10 Å². The van der Waals surface area contributed by atoms with Crippen molar-refractivity contribution in [1.82, 2.24) is 5.43 Å². The monoisotopic (exact) mass is 166 g/mol. The summed E-state index contributed by atoms with van der Waals surface area (Å²) in [7, 11) is 0. The zero-order valence-electron chi connectivity index (χ0n) is 7.90. The fourth-order valence-electron chi connectivity index (χ4n) is 2.17. The lowest BCUT2D eigenvalue weighted by molar-refractivity contribution is 0.174. The maximum atomic E-state index is 4.46. The molecule has 0 aliphatic heterocycles. The Labute approximate surface area is 74.4 Å². The minimum absolute atomic E-state index is 0.598. The lowest BCUT2D eigenvalue weighted by Crippen LogP contribution is -2.47. The fraction of sp³-hybridized carbons (Fsp3) is 0.900. The molecule has 2 aliphatic carbocycles. The van der Waals surface area contributed by atoms with E-state index in [0.717, 1.165) is 6.54 Å². The molecular weight excluding hydrogens is 148 g/mol. The fourth-order valence-corrected chi connectivity index (χ4v) is 2.17. The lowest BCUT2D eigenvalue weighted by Gasteiger charge is -2.50. The van der Waals surface area contributed by atoms with Gasteiger partial charge < -0.3 is 5.43 Å². The Balaban J connectivity index is 1.83. The highest BCUT2D eigenvalue weighted by Gasteiger charge is 2.48. The van der Waals surface area contributed by atoms with Gasteiger partial charge in [-0.15, -0.1) is 0 Å². The first-order valence-corrected chi connectivity index (χ1v) is 5.17. The molecule has 1 N–H and O–H groups in total. The van der Waals surface area contributed by atoms with Crippen LogP contribution in [-0.2, 0) is 0 Å². The molecule has 68 valence electrons. The van der Waals surface area contributed by atoms with Gasteiger partial charge in [-0.2, -0.15) is 5.10 Å². The van der Waals surface area contributed by atoms with Gasteiger partial charge in [-0.25, -0.2) is 0 Å². The molecule has 0 unspecified atom stereocenters. The van der Waals surface area contributed by atoms with Crippen LogP contribution in [0.25, 0.3) is 0 Å². The molecule has 2 aliphatic rings. The van der Waals surface area contributed by atoms with Gasteiger partial charge in [0.1, 0.15) is 0 Å². The number of nitrogens with one attached hydrogen (secondary N) is 1. The number of hydrogen-bond acceptors (Lipinski definition) is 2. The summed E-state index contributed by atoms with van der Waals surface area (Å²) in [5, 5.41) is 4.46. The average Bonchev–Trinajstić information content (AvgIpc) is 1.93. The third-order valence-electron chi connectivity index (χ3n) is 3.34. The molecule has 2 fully saturated rings. The minimum Gasteiger partial charge on any atom is -0.310 e. The molecule has 0 amide bonds. The summed E-state index contributed by atoms with van der Waals surface area (Å²) in [4.78, 5) is 0. The molecular formula is C10H18N2. The van der Waals surface area contributed by atoms with Crippen LogP contribution in [0.3, 0.4) is 0 Å².